The number of thiocarbonyl (C=S) groups is 1. The molecular weight excluding hydrogens is 230 g/mol. The molecule has 2 N–H and O–H groups in total. The van der Waals surface area contributed by atoms with Gasteiger partial charge in [-0.1, -0.05) is 50.5 Å². The van der Waals surface area contributed by atoms with Crippen LogP contribution in [0.4, 0.5) is 0 Å². The summed E-state index contributed by atoms with van der Waals surface area (Å²) in [6.07, 6.45) is 2.26. The van der Waals surface area contributed by atoms with Crippen molar-refractivity contribution in [3.63, 3.8) is 0 Å². The highest BCUT2D eigenvalue weighted by molar-refractivity contribution is 7.80. The fourth-order valence-corrected chi connectivity index (χ4v) is 1.85. The van der Waals surface area contributed by atoms with Crippen LogP contribution in [-0.2, 0) is 0 Å². The Kier molecular flexibility index (Phi) is 5.42. The van der Waals surface area contributed by atoms with E-state index in [4.69, 9.17) is 22.7 Å². The molecule has 94 valence electrons. The van der Waals surface area contributed by atoms with Crippen LogP contribution in [0.5, 0.6) is 5.75 Å². The summed E-state index contributed by atoms with van der Waals surface area (Å²) in [6.45, 7) is 7.11. The molecule has 0 fully saturated rings. The van der Waals surface area contributed by atoms with E-state index < -0.39 is 0 Å². The minimum absolute atomic E-state index is 0.397. The molecule has 0 aromatic heterocycles. The summed E-state index contributed by atoms with van der Waals surface area (Å²) < 4.78 is 5.83. The second-order valence-electron chi connectivity index (χ2n) is 4.36. The molecule has 0 bridgehead atoms. The highest BCUT2D eigenvalue weighted by atomic mass is 32.1. The summed E-state index contributed by atoms with van der Waals surface area (Å²) in [5.41, 5.74) is 7.69. The van der Waals surface area contributed by atoms with Gasteiger partial charge in [0.15, 0.2) is 0 Å². The van der Waals surface area contributed by atoms with Gasteiger partial charge in [0.2, 0.25) is 0 Å². The van der Waals surface area contributed by atoms with E-state index in [0.717, 1.165) is 36.3 Å². The van der Waals surface area contributed by atoms with Crippen LogP contribution in [0.1, 0.15) is 37.8 Å². The molecule has 0 saturated carbocycles. The molecule has 0 unspecified atom stereocenters. The minimum Gasteiger partial charge on any atom is -0.493 e. The molecule has 0 radical (unpaired) electrons. The molecule has 0 spiro atoms. The summed E-state index contributed by atoms with van der Waals surface area (Å²) in [5, 5.41) is 0. The van der Waals surface area contributed by atoms with Crippen LogP contribution in [0.3, 0.4) is 0 Å². The van der Waals surface area contributed by atoms with Crippen LogP contribution in [0.15, 0.2) is 18.2 Å². The van der Waals surface area contributed by atoms with Crippen LogP contribution in [0, 0.1) is 12.8 Å². The largest absolute Gasteiger partial charge is 0.493 e. The molecule has 17 heavy (non-hydrogen) atoms. The highest BCUT2D eigenvalue weighted by Gasteiger charge is 2.09. The molecule has 2 nitrogen and oxygen atoms in total. The summed E-state index contributed by atoms with van der Waals surface area (Å²) >= 11 is 5.04. The van der Waals surface area contributed by atoms with Crippen molar-refractivity contribution in [3.05, 3.63) is 29.3 Å². The predicted molar refractivity (Wildman–Crippen MR) is 76.6 cm³/mol. The standard InChI is InChI=1S/C14H21NOS/c1-4-11(5-2)9-16-13-7-6-10(3)8-12(13)14(15)17/h6-8,11H,4-5,9H2,1-3H3,(H2,15,17). The minimum atomic E-state index is 0.397. The average Bonchev–Trinajstić information content (AvgIpc) is 2.31. The average molecular weight is 251 g/mol. The smallest absolute Gasteiger partial charge is 0.129 e. The van der Waals surface area contributed by atoms with Crippen molar-refractivity contribution in [2.45, 2.75) is 33.6 Å². The molecule has 0 amide bonds. The van der Waals surface area contributed by atoms with Crippen molar-refractivity contribution in [2.75, 3.05) is 6.61 Å². The van der Waals surface area contributed by atoms with Gasteiger partial charge in [0.25, 0.3) is 0 Å². The number of rotatable bonds is 6. The van der Waals surface area contributed by atoms with Gasteiger partial charge in [0.05, 0.1) is 12.2 Å². The van der Waals surface area contributed by atoms with Gasteiger partial charge in [-0.3, -0.25) is 0 Å². The van der Waals surface area contributed by atoms with Crippen molar-refractivity contribution >= 4 is 17.2 Å². The van der Waals surface area contributed by atoms with Gasteiger partial charge in [0.1, 0.15) is 10.7 Å². The Morgan fingerprint density at radius 3 is 2.53 bits per heavy atom. The molecular formula is C14H21NOS. The van der Waals surface area contributed by atoms with Gasteiger partial charge in [-0.15, -0.1) is 0 Å². The van der Waals surface area contributed by atoms with Crippen molar-refractivity contribution in [1.29, 1.82) is 0 Å². The molecule has 0 saturated heterocycles. The van der Waals surface area contributed by atoms with E-state index in [1.165, 1.54) is 0 Å². The van der Waals surface area contributed by atoms with Crippen LogP contribution < -0.4 is 10.5 Å². The number of ether oxygens (including phenoxy) is 1. The lowest BCUT2D eigenvalue weighted by Crippen LogP contribution is -2.15. The van der Waals surface area contributed by atoms with Crippen molar-refractivity contribution in [2.24, 2.45) is 11.7 Å². The van der Waals surface area contributed by atoms with Crippen molar-refractivity contribution < 1.29 is 4.74 Å². The number of nitrogens with two attached hydrogens (primary N) is 1. The first-order chi connectivity index (χ1) is 8.08. The number of benzene rings is 1. The number of hydrogen-bond acceptors (Lipinski definition) is 2. The SMILES string of the molecule is CCC(CC)COc1ccc(C)cc1C(N)=S. The predicted octanol–water partition coefficient (Wildman–Crippen LogP) is 3.44. The Morgan fingerprint density at radius 2 is 2.00 bits per heavy atom. The molecule has 1 rings (SSSR count). The maximum absolute atomic E-state index is 5.83. The Bertz CT molecular complexity index is 386. The molecule has 1 aromatic rings. The number of hydrogen-bond donors (Lipinski definition) is 1. The molecule has 0 atom stereocenters. The maximum Gasteiger partial charge on any atom is 0.129 e. The third-order valence-electron chi connectivity index (χ3n) is 3.03. The zero-order valence-corrected chi connectivity index (χ0v) is 11.6. The van der Waals surface area contributed by atoms with Crippen LogP contribution in [0.25, 0.3) is 0 Å². The van der Waals surface area contributed by atoms with Gasteiger partial charge < -0.3 is 10.5 Å². The van der Waals surface area contributed by atoms with E-state index in [2.05, 4.69) is 13.8 Å². The Labute approximate surface area is 109 Å². The van der Waals surface area contributed by atoms with Crippen molar-refractivity contribution in [3.8, 4) is 5.75 Å². The lowest BCUT2D eigenvalue weighted by molar-refractivity contribution is 0.240. The maximum atomic E-state index is 5.83. The molecule has 0 aliphatic carbocycles. The molecule has 0 heterocycles. The monoisotopic (exact) mass is 251 g/mol. The fraction of sp³-hybridized carbons (Fsp3) is 0.500. The lowest BCUT2D eigenvalue weighted by Gasteiger charge is -2.16. The van der Waals surface area contributed by atoms with E-state index in [1.54, 1.807) is 0 Å². The molecule has 0 aliphatic heterocycles. The van der Waals surface area contributed by atoms with E-state index in [0.29, 0.717) is 10.9 Å². The Hall–Kier alpha value is -1.09. The van der Waals surface area contributed by atoms with Crippen LogP contribution >= 0.6 is 12.2 Å². The topological polar surface area (TPSA) is 35.2 Å². The summed E-state index contributed by atoms with van der Waals surface area (Å²) in [7, 11) is 0. The van der Waals surface area contributed by atoms with E-state index in [-0.39, 0.29) is 0 Å². The summed E-state index contributed by atoms with van der Waals surface area (Å²) in [6, 6.07) is 5.95. The van der Waals surface area contributed by atoms with Gasteiger partial charge in [-0.2, -0.15) is 0 Å². The normalized spacial score (nSPS) is 10.6. The molecule has 1 aromatic carbocycles. The van der Waals surface area contributed by atoms with Gasteiger partial charge in [-0.05, 0) is 25.0 Å². The van der Waals surface area contributed by atoms with E-state index >= 15 is 0 Å². The highest BCUT2D eigenvalue weighted by Crippen LogP contribution is 2.21. The van der Waals surface area contributed by atoms with E-state index in [9.17, 15) is 0 Å². The third-order valence-corrected chi connectivity index (χ3v) is 3.25. The first-order valence-corrected chi connectivity index (χ1v) is 6.52. The van der Waals surface area contributed by atoms with E-state index in [1.807, 2.05) is 25.1 Å². The van der Waals surface area contributed by atoms with Crippen LogP contribution in [-0.4, -0.2) is 11.6 Å². The zero-order chi connectivity index (χ0) is 12.8. The number of aryl methyl sites for hydroxylation is 1. The molecule has 3 heteroatoms. The first-order valence-electron chi connectivity index (χ1n) is 6.11. The van der Waals surface area contributed by atoms with Crippen LogP contribution in [0.2, 0.25) is 0 Å². The van der Waals surface area contributed by atoms with Crippen molar-refractivity contribution in [1.82, 2.24) is 0 Å². The quantitative estimate of drug-likeness (QED) is 0.787. The van der Waals surface area contributed by atoms with Gasteiger partial charge in [0, 0.05) is 0 Å². The second-order valence-corrected chi connectivity index (χ2v) is 4.80. The zero-order valence-electron chi connectivity index (χ0n) is 10.8. The first kappa shape index (κ1) is 14.0. The molecule has 0 aliphatic rings. The third kappa shape index (κ3) is 4.00. The second kappa shape index (κ2) is 6.60. The van der Waals surface area contributed by atoms with Gasteiger partial charge >= 0.3 is 0 Å². The fourth-order valence-electron chi connectivity index (χ4n) is 1.69. The van der Waals surface area contributed by atoms with Gasteiger partial charge in [-0.25, -0.2) is 0 Å². The Balaban J connectivity index is 2.80. The summed E-state index contributed by atoms with van der Waals surface area (Å²) in [5.74, 6) is 1.39. The Morgan fingerprint density at radius 1 is 1.35 bits per heavy atom. The summed E-state index contributed by atoms with van der Waals surface area (Å²) in [4.78, 5) is 0.397. The lowest BCUT2D eigenvalue weighted by atomic mass is 10.1.